The van der Waals surface area contributed by atoms with Crippen LogP contribution in [0.2, 0.25) is 0 Å². The SMILES string of the molecule is N#CCC(O)C(O)c1cc(C=O)sc1[N+](=O)[O-]. The van der Waals surface area contributed by atoms with E-state index in [1.54, 1.807) is 6.07 Å². The Morgan fingerprint density at radius 1 is 1.65 bits per heavy atom. The quantitative estimate of drug-likeness (QED) is 0.455. The molecule has 0 spiro atoms. The van der Waals surface area contributed by atoms with Crippen molar-refractivity contribution in [3.63, 3.8) is 0 Å². The maximum Gasteiger partial charge on any atom is 0.330 e. The van der Waals surface area contributed by atoms with Gasteiger partial charge in [0.2, 0.25) is 0 Å². The second-order valence-electron chi connectivity index (χ2n) is 3.16. The van der Waals surface area contributed by atoms with Crippen LogP contribution in [0.4, 0.5) is 5.00 Å². The van der Waals surface area contributed by atoms with Gasteiger partial charge in [-0.3, -0.25) is 14.9 Å². The number of nitro groups is 1. The number of carbonyl (C=O) groups excluding carboxylic acids is 1. The summed E-state index contributed by atoms with van der Waals surface area (Å²) in [6.45, 7) is 0. The highest BCUT2D eigenvalue weighted by molar-refractivity contribution is 7.17. The number of nitriles is 1. The normalized spacial score (nSPS) is 13.7. The second-order valence-corrected chi connectivity index (χ2v) is 4.22. The number of hydrogen-bond donors (Lipinski definition) is 2. The average molecular weight is 256 g/mol. The number of thiophene rings is 1. The van der Waals surface area contributed by atoms with E-state index in [1.807, 2.05) is 0 Å². The molecule has 8 heteroatoms. The van der Waals surface area contributed by atoms with Gasteiger partial charge in [0.15, 0.2) is 6.29 Å². The van der Waals surface area contributed by atoms with E-state index in [9.17, 15) is 25.1 Å². The highest BCUT2D eigenvalue weighted by atomic mass is 32.1. The molecule has 2 unspecified atom stereocenters. The third-order valence-electron chi connectivity index (χ3n) is 2.02. The van der Waals surface area contributed by atoms with Crippen molar-refractivity contribution in [3.05, 3.63) is 26.6 Å². The molecule has 0 aliphatic rings. The van der Waals surface area contributed by atoms with Crippen molar-refractivity contribution in [2.75, 3.05) is 0 Å². The molecule has 0 bridgehead atoms. The molecule has 2 N–H and O–H groups in total. The first kappa shape index (κ1) is 13.2. The van der Waals surface area contributed by atoms with Gasteiger partial charge in [-0.1, -0.05) is 11.3 Å². The van der Waals surface area contributed by atoms with Gasteiger partial charge in [0.1, 0.15) is 6.10 Å². The number of nitrogens with zero attached hydrogens (tertiary/aromatic N) is 2. The van der Waals surface area contributed by atoms with Gasteiger partial charge in [-0.05, 0) is 6.07 Å². The molecule has 17 heavy (non-hydrogen) atoms. The first-order chi connectivity index (χ1) is 8.01. The third kappa shape index (κ3) is 2.85. The fourth-order valence-corrected chi connectivity index (χ4v) is 2.07. The van der Waals surface area contributed by atoms with E-state index in [1.165, 1.54) is 0 Å². The van der Waals surface area contributed by atoms with Gasteiger partial charge in [0, 0.05) is 0 Å². The number of aldehydes is 1. The maximum absolute atomic E-state index is 10.7. The summed E-state index contributed by atoms with van der Waals surface area (Å²) in [6, 6.07) is 2.78. The minimum Gasteiger partial charge on any atom is -0.389 e. The summed E-state index contributed by atoms with van der Waals surface area (Å²) in [5.41, 5.74) is -0.148. The standard InChI is InChI=1S/C9H8N2O5S/c10-2-1-7(13)8(14)6-3-5(4-12)17-9(6)11(15)16/h3-4,7-8,13-14H,1H2. The molecule has 0 saturated carbocycles. The van der Waals surface area contributed by atoms with Crippen molar-refractivity contribution in [3.8, 4) is 6.07 Å². The molecule has 1 rings (SSSR count). The van der Waals surface area contributed by atoms with Gasteiger partial charge >= 0.3 is 5.00 Å². The van der Waals surface area contributed by atoms with Crippen molar-refractivity contribution in [2.45, 2.75) is 18.6 Å². The van der Waals surface area contributed by atoms with Gasteiger partial charge in [-0.25, -0.2) is 0 Å². The average Bonchev–Trinajstić information content (AvgIpc) is 2.72. The van der Waals surface area contributed by atoms with Gasteiger partial charge in [-0.15, -0.1) is 0 Å². The predicted octanol–water partition coefficient (Wildman–Crippen LogP) is 0.777. The van der Waals surface area contributed by atoms with Crippen molar-refractivity contribution < 1.29 is 19.9 Å². The van der Waals surface area contributed by atoms with Crippen LogP contribution < -0.4 is 0 Å². The summed E-state index contributed by atoms with van der Waals surface area (Å²) in [4.78, 5) is 20.5. The molecule has 0 aliphatic heterocycles. The van der Waals surface area contributed by atoms with Crippen LogP contribution in [0.1, 0.15) is 27.8 Å². The summed E-state index contributed by atoms with van der Waals surface area (Å²) < 4.78 is 0. The fourth-order valence-electron chi connectivity index (χ4n) is 1.24. The van der Waals surface area contributed by atoms with E-state index < -0.39 is 22.1 Å². The number of rotatable bonds is 5. The number of aliphatic hydroxyl groups excluding tert-OH is 2. The Balaban J connectivity index is 3.11. The molecular formula is C9H8N2O5S. The van der Waals surface area contributed by atoms with E-state index in [-0.39, 0.29) is 16.9 Å². The number of aliphatic hydroxyl groups is 2. The topological polar surface area (TPSA) is 124 Å². The second kappa shape index (κ2) is 5.49. The van der Waals surface area contributed by atoms with Crippen molar-refractivity contribution in [1.29, 1.82) is 5.26 Å². The molecule has 2 atom stereocenters. The predicted molar refractivity (Wildman–Crippen MR) is 57.6 cm³/mol. The van der Waals surface area contributed by atoms with E-state index in [4.69, 9.17) is 5.26 Å². The first-order valence-corrected chi connectivity index (χ1v) is 5.29. The lowest BCUT2D eigenvalue weighted by Gasteiger charge is -2.12. The largest absolute Gasteiger partial charge is 0.389 e. The van der Waals surface area contributed by atoms with Crippen LogP contribution in [0.25, 0.3) is 0 Å². The summed E-state index contributed by atoms with van der Waals surface area (Å²) in [5.74, 6) is 0. The summed E-state index contributed by atoms with van der Waals surface area (Å²) in [5, 5.41) is 37.7. The van der Waals surface area contributed by atoms with Crippen LogP contribution in [0.15, 0.2) is 6.07 Å². The van der Waals surface area contributed by atoms with Crippen LogP contribution in [0, 0.1) is 21.4 Å². The molecule has 0 amide bonds. The Bertz CT molecular complexity index is 478. The maximum atomic E-state index is 10.7. The zero-order valence-electron chi connectivity index (χ0n) is 8.44. The molecule has 0 saturated heterocycles. The summed E-state index contributed by atoms with van der Waals surface area (Å²) >= 11 is 0.610. The van der Waals surface area contributed by atoms with E-state index >= 15 is 0 Å². The molecule has 90 valence electrons. The molecule has 0 radical (unpaired) electrons. The summed E-state index contributed by atoms with van der Waals surface area (Å²) in [7, 11) is 0. The molecule has 7 nitrogen and oxygen atoms in total. The number of hydrogen-bond acceptors (Lipinski definition) is 7. The van der Waals surface area contributed by atoms with Crippen LogP contribution in [0.3, 0.4) is 0 Å². The number of carbonyl (C=O) groups is 1. The van der Waals surface area contributed by atoms with Crippen molar-refractivity contribution in [2.24, 2.45) is 0 Å². The Hall–Kier alpha value is -1.82. The van der Waals surface area contributed by atoms with Crippen molar-refractivity contribution in [1.82, 2.24) is 0 Å². The smallest absolute Gasteiger partial charge is 0.330 e. The van der Waals surface area contributed by atoms with Crippen molar-refractivity contribution >= 4 is 22.6 Å². The monoisotopic (exact) mass is 256 g/mol. The van der Waals surface area contributed by atoms with E-state index in [2.05, 4.69) is 0 Å². The van der Waals surface area contributed by atoms with Crippen LogP contribution >= 0.6 is 11.3 Å². The minimum atomic E-state index is -1.56. The Labute approximate surface area is 99.7 Å². The summed E-state index contributed by atoms with van der Waals surface area (Å²) in [6.07, 6.45) is -2.91. The molecule has 1 aromatic rings. The van der Waals surface area contributed by atoms with Crippen LogP contribution in [0.5, 0.6) is 0 Å². The van der Waals surface area contributed by atoms with E-state index in [0.717, 1.165) is 6.07 Å². The van der Waals surface area contributed by atoms with Gasteiger partial charge in [-0.2, -0.15) is 5.26 Å². The van der Waals surface area contributed by atoms with Gasteiger partial charge in [0.05, 0.1) is 34.0 Å². The zero-order valence-corrected chi connectivity index (χ0v) is 9.25. The van der Waals surface area contributed by atoms with E-state index in [0.29, 0.717) is 17.6 Å². The Morgan fingerprint density at radius 2 is 2.29 bits per heavy atom. The lowest BCUT2D eigenvalue weighted by molar-refractivity contribution is -0.381. The first-order valence-electron chi connectivity index (χ1n) is 4.47. The highest BCUT2D eigenvalue weighted by Crippen LogP contribution is 2.35. The van der Waals surface area contributed by atoms with Gasteiger partial charge < -0.3 is 10.2 Å². The molecule has 0 aromatic carbocycles. The third-order valence-corrected chi connectivity index (χ3v) is 3.05. The lowest BCUT2D eigenvalue weighted by Crippen LogP contribution is -2.17. The highest BCUT2D eigenvalue weighted by Gasteiger charge is 2.29. The Kier molecular flexibility index (Phi) is 4.28. The van der Waals surface area contributed by atoms with Crippen LogP contribution in [-0.2, 0) is 0 Å². The van der Waals surface area contributed by atoms with Crippen LogP contribution in [-0.4, -0.2) is 27.5 Å². The van der Waals surface area contributed by atoms with Gasteiger partial charge in [0.25, 0.3) is 0 Å². The molecule has 1 heterocycles. The lowest BCUT2D eigenvalue weighted by atomic mass is 10.0. The minimum absolute atomic E-state index is 0.0786. The molecule has 0 fully saturated rings. The zero-order chi connectivity index (χ0) is 13.0. The fraction of sp³-hybridized carbons (Fsp3) is 0.333. The molecule has 0 aliphatic carbocycles. The molecule has 1 aromatic heterocycles. The molecular weight excluding hydrogens is 248 g/mol. The Morgan fingerprint density at radius 3 is 2.76 bits per heavy atom.